The number of ether oxygens (including phenoxy) is 1. The Morgan fingerprint density at radius 3 is 2.66 bits per heavy atom. The van der Waals surface area contributed by atoms with E-state index in [1.54, 1.807) is 17.0 Å². The molecule has 3 fully saturated rings. The molecule has 1 N–H and O–H groups in total. The number of rotatable bonds is 6. The third kappa shape index (κ3) is 4.80. The summed E-state index contributed by atoms with van der Waals surface area (Å²) in [5.41, 5.74) is 2.52. The quantitative estimate of drug-likeness (QED) is 0.643. The van der Waals surface area contributed by atoms with E-state index in [-0.39, 0.29) is 36.9 Å². The summed E-state index contributed by atoms with van der Waals surface area (Å²) in [6, 6.07) is 14.2. The number of nitrogens with one attached hydrogen (secondary N) is 1. The molecule has 3 aliphatic rings. The van der Waals surface area contributed by atoms with Crippen LogP contribution in [-0.4, -0.2) is 59.0 Å². The highest BCUT2D eigenvalue weighted by molar-refractivity contribution is 6.31. The first kappa shape index (κ1) is 23.8. The molecule has 35 heavy (non-hydrogen) atoms. The van der Waals surface area contributed by atoms with Crippen molar-refractivity contribution in [1.29, 1.82) is 0 Å². The van der Waals surface area contributed by atoms with Gasteiger partial charge in [0.05, 0.1) is 12.1 Å². The first-order chi connectivity index (χ1) is 16.9. The van der Waals surface area contributed by atoms with Crippen molar-refractivity contribution in [3.63, 3.8) is 0 Å². The smallest absolute Gasteiger partial charge is 0.327 e. The number of amides is 4. The zero-order chi connectivity index (χ0) is 24.5. The van der Waals surface area contributed by atoms with Gasteiger partial charge in [-0.05, 0) is 49.4 Å². The highest BCUT2D eigenvalue weighted by atomic mass is 35.5. The summed E-state index contributed by atoms with van der Waals surface area (Å²) >= 11 is 6.21. The van der Waals surface area contributed by atoms with Crippen LogP contribution in [0.25, 0.3) is 0 Å². The predicted octanol–water partition coefficient (Wildman–Crippen LogP) is 4.42. The normalized spacial score (nSPS) is 25.9. The van der Waals surface area contributed by atoms with Crippen LogP contribution < -0.4 is 5.32 Å². The Morgan fingerprint density at radius 1 is 1.11 bits per heavy atom. The van der Waals surface area contributed by atoms with E-state index < -0.39 is 18.2 Å². The summed E-state index contributed by atoms with van der Waals surface area (Å²) in [6.07, 6.45) is 3.63. The first-order valence-electron chi connectivity index (χ1n) is 12.3. The summed E-state index contributed by atoms with van der Waals surface area (Å²) in [5, 5.41) is 3.41. The molecule has 0 radical (unpaired) electrons. The van der Waals surface area contributed by atoms with E-state index in [9.17, 15) is 14.4 Å². The summed E-state index contributed by atoms with van der Waals surface area (Å²) in [7, 11) is 0. The molecule has 4 amide bonds. The lowest BCUT2D eigenvalue weighted by Crippen LogP contribution is -2.65. The number of hydrogen-bond acceptors (Lipinski definition) is 4. The second kappa shape index (κ2) is 9.99. The van der Waals surface area contributed by atoms with Crippen LogP contribution in [0.15, 0.2) is 48.5 Å². The lowest BCUT2D eigenvalue weighted by Gasteiger charge is -2.43. The van der Waals surface area contributed by atoms with Crippen molar-refractivity contribution in [2.75, 3.05) is 18.4 Å². The lowest BCUT2D eigenvalue weighted by atomic mass is 9.81. The van der Waals surface area contributed by atoms with Crippen molar-refractivity contribution < 1.29 is 19.1 Å². The van der Waals surface area contributed by atoms with E-state index in [1.165, 1.54) is 4.90 Å². The van der Waals surface area contributed by atoms with Crippen molar-refractivity contribution in [2.45, 2.75) is 57.3 Å². The maximum atomic E-state index is 13.6. The fourth-order valence-corrected chi connectivity index (χ4v) is 5.78. The number of imide groups is 1. The molecule has 184 valence electrons. The Hall–Kier alpha value is -2.90. The number of halogens is 1. The maximum absolute atomic E-state index is 13.6. The Kier molecular flexibility index (Phi) is 6.80. The fourth-order valence-electron chi connectivity index (χ4n) is 5.60. The third-order valence-corrected chi connectivity index (χ3v) is 7.81. The van der Waals surface area contributed by atoms with Crippen LogP contribution in [-0.2, 0) is 20.7 Å². The number of fused-ring (bicyclic) bond motifs is 3. The Bertz CT molecular complexity index is 1120. The van der Waals surface area contributed by atoms with Crippen molar-refractivity contribution in [1.82, 2.24) is 9.80 Å². The molecule has 2 aliphatic heterocycles. The number of urea groups is 1. The van der Waals surface area contributed by atoms with Gasteiger partial charge in [0.2, 0.25) is 5.91 Å². The van der Waals surface area contributed by atoms with Crippen molar-refractivity contribution in [3.05, 3.63) is 64.7 Å². The van der Waals surface area contributed by atoms with E-state index in [0.717, 1.165) is 36.8 Å². The Morgan fingerprint density at radius 2 is 1.89 bits per heavy atom. The number of aryl methyl sites for hydroxylation is 1. The number of carbonyl (C=O) groups excluding carboxylic acids is 3. The van der Waals surface area contributed by atoms with Gasteiger partial charge in [-0.15, -0.1) is 0 Å². The van der Waals surface area contributed by atoms with E-state index in [4.69, 9.17) is 16.3 Å². The zero-order valence-corrected chi connectivity index (χ0v) is 20.5. The van der Waals surface area contributed by atoms with Gasteiger partial charge in [-0.3, -0.25) is 14.5 Å². The van der Waals surface area contributed by atoms with Crippen LogP contribution >= 0.6 is 11.6 Å². The van der Waals surface area contributed by atoms with Gasteiger partial charge in [0.15, 0.2) is 6.10 Å². The molecule has 4 unspecified atom stereocenters. The average Bonchev–Trinajstić information content (AvgIpc) is 3.24. The van der Waals surface area contributed by atoms with Gasteiger partial charge in [-0.25, -0.2) is 4.79 Å². The Balaban J connectivity index is 1.37. The van der Waals surface area contributed by atoms with E-state index in [0.29, 0.717) is 17.1 Å². The molecule has 0 aromatic heterocycles. The SMILES string of the molecule is Cc1ccc(NC(=O)CN2C(=O)N(CCc3ccccc3)C(=O)C3OC4CCCCC4C32)cc1Cl. The molecule has 8 heteroatoms. The first-order valence-corrected chi connectivity index (χ1v) is 12.7. The van der Waals surface area contributed by atoms with Crippen LogP contribution in [0.1, 0.15) is 36.8 Å². The van der Waals surface area contributed by atoms with Gasteiger partial charge >= 0.3 is 6.03 Å². The van der Waals surface area contributed by atoms with Gasteiger partial charge < -0.3 is 15.0 Å². The monoisotopic (exact) mass is 495 g/mol. The number of hydrogen-bond donors (Lipinski definition) is 1. The zero-order valence-electron chi connectivity index (χ0n) is 19.8. The molecule has 0 spiro atoms. The van der Waals surface area contributed by atoms with E-state index in [2.05, 4.69) is 5.32 Å². The molecule has 5 rings (SSSR count). The molecular weight excluding hydrogens is 466 g/mol. The largest absolute Gasteiger partial charge is 0.363 e. The number of carbonyl (C=O) groups is 3. The molecule has 2 heterocycles. The van der Waals surface area contributed by atoms with Gasteiger partial charge in [0, 0.05) is 23.2 Å². The standard InChI is InChI=1S/C27H30ClN3O4/c1-17-11-12-19(15-21(17)28)29-23(32)16-31-24-20-9-5-6-10-22(20)35-25(24)26(33)30(27(31)34)14-13-18-7-3-2-4-8-18/h2-4,7-8,11-12,15,20,22,24-25H,5-6,9-10,13-14,16H2,1H3,(H,29,32). The van der Waals surface area contributed by atoms with E-state index in [1.807, 2.05) is 43.3 Å². The van der Waals surface area contributed by atoms with E-state index >= 15 is 0 Å². The van der Waals surface area contributed by atoms with Crippen LogP contribution in [0.4, 0.5) is 10.5 Å². The Labute approximate surface area is 210 Å². The summed E-state index contributed by atoms with van der Waals surface area (Å²) in [4.78, 5) is 42.9. The predicted molar refractivity (Wildman–Crippen MR) is 133 cm³/mol. The minimum absolute atomic E-state index is 0.0500. The summed E-state index contributed by atoms with van der Waals surface area (Å²) in [5.74, 6) is -0.541. The number of nitrogens with zero attached hydrogens (tertiary/aromatic N) is 2. The molecule has 2 aromatic carbocycles. The second-order valence-electron chi connectivity index (χ2n) is 9.68. The molecule has 7 nitrogen and oxygen atoms in total. The van der Waals surface area contributed by atoms with Crippen LogP contribution in [0, 0.1) is 12.8 Å². The molecule has 2 saturated heterocycles. The fraction of sp³-hybridized carbons (Fsp3) is 0.444. The minimum Gasteiger partial charge on any atom is -0.363 e. The maximum Gasteiger partial charge on any atom is 0.327 e. The number of anilines is 1. The van der Waals surface area contributed by atoms with Crippen molar-refractivity contribution in [3.8, 4) is 0 Å². The van der Waals surface area contributed by atoms with Crippen LogP contribution in [0.2, 0.25) is 5.02 Å². The summed E-state index contributed by atoms with van der Waals surface area (Å²) in [6.45, 7) is 1.99. The van der Waals surface area contributed by atoms with Gasteiger partial charge in [-0.2, -0.15) is 0 Å². The number of benzene rings is 2. The topological polar surface area (TPSA) is 79.0 Å². The second-order valence-corrected chi connectivity index (χ2v) is 10.1. The highest BCUT2D eigenvalue weighted by Gasteiger charge is 2.57. The molecular formula is C27H30ClN3O4. The lowest BCUT2D eigenvalue weighted by molar-refractivity contribution is -0.147. The van der Waals surface area contributed by atoms with Crippen molar-refractivity contribution >= 4 is 35.1 Å². The molecule has 1 aliphatic carbocycles. The molecule has 1 saturated carbocycles. The minimum atomic E-state index is -0.724. The van der Waals surface area contributed by atoms with Crippen LogP contribution in [0.3, 0.4) is 0 Å². The summed E-state index contributed by atoms with van der Waals surface area (Å²) < 4.78 is 6.24. The molecule has 2 aromatic rings. The van der Waals surface area contributed by atoms with Gasteiger partial charge in [0.25, 0.3) is 5.91 Å². The molecule has 0 bridgehead atoms. The molecule has 4 atom stereocenters. The highest BCUT2D eigenvalue weighted by Crippen LogP contribution is 2.43. The average molecular weight is 496 g/mol. The van der Waals surface area contributed by atoms with Crippen molar-refractivity contribution in [2.24, 2.45) is 5.92 Å². The van der Waals surface area contributed by atoms with Crippen LogP contribution in [0.5, 0.6) is 0 Å². The van der Waals surface area contributed by atoms with Gasteiger partial charge in [0.1, 0.15) is 6.54 Å². The van der Waals surface area contributed by atoms with Gasteiger partial charge in [-0.1, -0.05) is 60.8 Å². The third-order valence-electron chi connectivity index (χ3n) is 7.41.